The summed E-state index contributed by atoms with van der Waals surface area (Å²) >= 11 is 0. The van der Waals surface area contributed by atoms with Crippen LogP contribution in [0.15, 0.2) is 60.7 Å². The number of benzene rings is 2. The molecule has 0 radical (unpaired) electrons. The monoisotopic (exact) mass is 690 g/mol. The lowest BCUT2D eigenvalue weighted by molar-refractivity contribution is -0.145. The molecule has 0 aromatic heterocycles. The number of methoxy groups -OCH3 is 1. The molecule has 4 amide bonds. The summed E-state index contributed by atoms with van der Waals surface area (Å²) in [5, 5.41) is 60.7. The minimum absolute atomic E-state index is 0.0601. The quantitative estimate of drug-likeness (QED) is 0.0841. The van der Waals surface area contributed by atoms with Gasteiger partial charge in [-0.05, 0) is 23.5 Å². The number of aliphatic hydroxyl groups is 4. The highest BCUT2D eigenvalue weighted by Crippen LogP contribution is 2.18. The lowest BCUT2D eigenvalue weighted by Crippen LogP contribution is -2.60. The van der Waals surface area contributed by atoms with Gasteiger partial charge < -0.3 is 56.3 Å². The van der Waals surface area contributed by atoms with E-state index in [0.717, 1.165) is 0 Å². The third kappa shape index (κ3) is 13.8. The van der Waals surface area contributed by atoms with Crippen LogP contribution in [0, 0.1) is 5.92 Å². The fraction of sp³-hybridized carbons (Fsp3) is 0.485. The molecular formula is C33H46N4O12. The fourth-order valence-corrected chi connectivity index (χ4v) is 4.70. The van der Waals surface area contributed by atoms with Gasteiger partial charge in [0.25, 0.3) is 5.91 Å². The summed E-state index contributed by atoms with van der Waals surface area (Å²) in [6.07, 6.45) is -8.02. The first-order valence-electron chi connectivity index (χ1n) is 15.6. The Balaban J connectivity index is 2.08. The number of aliphatic hydroxyl groups excluding tert-OH is 4. The molecule has 0 aliphatic rings. The van der Waals surface area contributed by atoms with Crippen molar-refractivity contribution in [3.05, 3.63) is 71.8 Å². The summed E-state index contributed by atoms with van der Waals surface area (Å²) in [6, 6.07) is 11.6. The molecule has 0 fully saturated rings. The van der Waals surface area contributed by atoms with Gasteiger partial charge in [-0.2, -0.15) is 0 Å². The summed E-state index contributed by atoms with van der Waals surface area (Å²) in [6.45, 7) is 2.25. The number of hydrogen-bond donors (Lipinski definition) is 9. The van der Waals surface area contributed by atoms with E-state index in [1.807, 2.05) is 0 Å². The van der Waals surface area contributed by atoms with Crippen LogP contribution in [0.5, 0.6) is 0 Å². The molecule has 0 aliphatic heterocycles. The minimum atomic E-state index is -2.30. The molecule has 0 bridgehead atoms. The highest BCUT2D eigenvalue weighted by atomic mass is 16.5. The number of carboxylic acids is 1. The predicted molar refractivity (Wildman–Crippen MR) is 173 cm³/mol. The van der Waals surface area contributed by atoms with E-state index in [9.17, 15) is 49.5 Å². The van der Waals surface area contributed by atoms with Crippen LogP contribution in [0.25, 0.3) is 0 Å². The van der Waals surface area contributed by atoms with Gasteiger partial charge in [0, 0.05) is 7.11 Å². The van der Waals surface area contributed by atoms with Crippen molar-refractivity contribution in [1.29, 1.82) is 0 Å². The molecule has 16 nitrogen and oxygen atoms in total. The lowest BCUT2D eigenvalue weighted by Gasteiger charge is -2.31. The van der Waals surface area contributed by atoms with Gasteiger partial charge in [-0.15, -0.1) is 0 Å². The number of ether oxygens (including phenoxy) is 2. The number of aliphatic carboxylic acids is 1. The van der Waals surface area contributed by atoms with Crippen molar-refractivity contribution in [1.82, 2.24) is 21.3 Å². The van der Waals surface area contributed by atoms with Crippen molar-refractivity contribution >= 4 is 29.8 Å². The van der Waals surface area contributed by atoms with E-state index in [2.05, 4.69) is 21.3 Å². The Morgan fingerprint density at radius 3 is 1.90 bits per heavy atom. The van der Waals surface area contributed by atoms with Crippen LogP contribution in [0.4, 0.5) is 4.79 Å². The summed E-state index contributed by atoms with van der Waals surface area (Å²) in [7, 11) is 1.30. The third-order valence-electron chi connectivity index (χ3n) is 7.27. The largest absolute Gasteiger partial charge is 0.481 e. The molecule has 2 aromatic rings. The molecular weight excluding hydrogens is 644 g/mol. The molecule has 0 unspecified atom stereocenters. The van der Waals surface area contributed by atoms with Gasteiger partial charge in [-0.1, -0.05) is 74.5 Å². The average Bonchev–Trinajstić information content (AvgIpc) is 3.08. The normalized spacial score (nSPS) is 15.4. The zero-order valence-corrected chi connectivity index (χ0v) is 27.5. The Hall–Kier alpha value is -4.61. The fourth-order valence-electron chi connectivity index (χ4n) is 4.70. The Bertz CT molecular complexity index is 1350. The number of carboxylic acid groups (broad SMARTS) is 1. The molecule has 0 saturated heterocycles. The van der Waals surface area contributed by atoms with E-state index in [-0.39, 0.29) is 25.6 Å². The molecule has 9 N–H and O–H groups in total. The standard InChI is InChI=1S/C33H46N4O12/c1-19(2)14-23(35-31(45)25(18-48-3)37-33(47)49-17-20-10-6-4-7-11-20)30(44)36-24(16-38)27(41)28(42)29(43)32(46)34-22(15-26(39)40)21-12-8-5-9-13-21/h4-13,19,22-25,27-29,38,41-43H,14-18H2,1-3H3,(H,34,46)(H,35,45)(H,36,44)(H,37,47)(H,39,40)/t22-,23-,24-,25-,27+,28+,29-/m0/s1. The number of amides is 4. The first-order chi connectivity index (χ1) is 23.3. The molecule has 2 rings (SSSR count). The van der Waals surface area contributed by atoms with Crippen molar-refractivity contribution in [2.24, 2.45) is 5.92 Å². The van der Waals surface area contributed by atoms with Crippen LogP contribution in [-0.4, -0.2) is 112 Å². The summed E-state index contributed by atoms with van der Waals surface area (Å²) in [5.74, 6) is -4.31. The van der Waals surface area contributed by atoms with Crippen molar-refractivity contribution in [3.63, 3.8) is 0 Å². The van der Waals surface area contributed by atoms with Crippen LogP contribution in [-0.2, 0) is 35.3 Å². The highest BCUT2D eigenvalue weighted by molar-refractivity contribution is 5.91. The first kappa shape index (κ1) is 40.6. The van der Waals surface area contributed by atoms with Crippen LogP contribution < -0.4 is 21.3 Å². The second-order valence-electron chi connectivity index (χ2n) is 11.7. The summed E-state index contributed by atoms with van der Waals surface area (Å²) in [5.41, 5.74) is 1.12. The molecule has 0 heterocycles. The minimum Gasteiger partial charge on any atom is -0.481 e. The SMILES string of the molecule is COC[C@H](NC(=O)OCc1ccccc1)C(=O)N[C@@H](CC(C)C)C(=O)N[C@@H](CO)[C@@H](O)[C@@H](O)[C@H](O)C(=O)N[C@@H](CC(=O)O)c1ccccc1. The lowest BCUT2D eigenvalue weighted by atomic mass is 9.98. The molecule has 0 spiro atoms. The second-order valence-corrected chi connectivity index (χ2v) is 11.7. The van der Waals surface area contributed by atoms with Crippen molar-refractivity contribution in [3.8, 4) is 0 Å². The van der Waals surface area contributed by atoms with Crippen molar-refractivity contribution < 1.29 is 59.0 Å². The van der Waals surface area contributed by atoms with E-state index in [1.165, 1.54) is 7.11 Å². The van der Waals surface area contributed by atoms with E-state index in [4.69, 9.17) is 9.47 Å². The maximum atomic E-state index is 13.3. The molecule has 2 aromatic carbocycles. The maximum absolute atomic E-state index is 13.3. The first-order valence-corrected chi connectivity index (χ1v) is 15.6. The number of carbonyl (C=O) groups excluding carboxylic acids is 4. The zero-order chi connectivity index (χ0) is 36.5. The van der Waals surface area contributed by atoms with Gasteiger partial charge in [0.1, 0.15) is 30.9 Å². The Morgan fingerprint density at radius 2 is 1.35 bits per heavy atom. The summed E-state index contributed by atoms with van der Waals surface area (Å²) in [4.78, 5) is 63.0. The van der Waals surface area contributed by atoms with E-state index in [0.29, 0.717) is 11.1 Å². The molecule has 7 atom stereocenters. The zero-order valence-electron chi connectivity index (χ0n) is 27.5. The maximum Gasteiger partial charge on any atom is 0.408 e. The highest BCUT2D eigenvalue weighted by Gasteiger charge is 2.38. The molecule has 270 valence electrons. The molecule has 0 aliphatic carbocycles. The number of carbonyl (C=O) groups is 5. The topological polar surface area (TPSA) is 253 Å². The van der Waals surface area contributed by atoms with Gasteiger partial charge in [0.2, 0.25) is 11.8 Å². The average molecular weight is 691 g/mol. The van der Waals surface area contributed by atoms with Crippen molar-refractivity contribution in [2.45, 2.75) is 75.8 Å². The van der Waals surface area contributed by atoms with E-state index < -0.39 is 85.3 Å². The van der Waals surface area contributed by atoms with Crippen LogP contribution in [0.1, 0.15) is 43.9 Å². The van der Waals surface area contributed by atoms with Crippen molar-refractivity contribution in [2.75, 3.05) is 20.3 Å². The number of alkyl carbamates (subject to hydrolysis) is 1. The van der Waals surface area contributed by atoms with Gasteiger partial charge in [-0.25, -0.2) is 4.79 Å². The van der Waals surface area contributed by atoms with Gasteiger partial charge >= 0.3 is 12.1 Å². The molecule has 16 heteroatoms. The van der Waals surface area contributed by atoms with E-state index >= 15 is 0 Å². The van der Waals surface area contributed by atoms with Gasteiger partial charge in [-0.3, -0.25) is 19.2 Å². The number of rotatable bonds is 20. The van der Waals surface area contributed by atoms with Crippen LogP contribution in [0.2, 0.25) is 0 Å². The van der Waals surface area contributed by atoms with Gasteiger partial charge in [0.05, 0.1) is 31.7 Å². The van der Waals surface area contributed by atoms with Gasteiger partial charge in [0.15, 0.2) is 6.10 Å². The molecule has 49 heavy (non-hydrogen) atoms. The van der Waals surface area contributed by atoms with Crippen LogP contribution >= 0.6 is 0 Å². The third-order valence-corrected chi connectivity index (χ3v) is 7.27. The Labute approximate surface area is 283 Å². The molecule has 0 saturated carbocycles. The smallest absolute Gasteiger partial charge is 0.408 e. The number of hydrogen-bond acceptors (Lipinski definition) is 11. The Morgan fingerprint density at radius 1 is 0.755 bits per heavy atom. The predicted octanol–water partition coefficient (Wildman–Crippen LogP) is -0.649. The van der Waals surface area contributed by atoms with Crippen LogP contribution in [0.3, 0.4) is 0 Å². The Kier molecular flexibility index (Phi) is 17.1. The summed E-state index contributed by atoms with van der Waals surface area (Å²) < 4.78 is 10.2. The second kappa shape index (κ2) is 20.7. The van der Waals surface area contributed by atoms with E-state index in [1.54, 1.807) is 74.5 Å². The number of nitrogens with one attached hydrogen (secondary N) is 4.